The van der Waals surface area contributed by atoms with Gasteiger partial charge in [0.2, 0.25) is 0 Å². The van der Waals surface area contributed by atoms with Gasteiger partial charge in [-0.15, -0.1) is 0 Å². The molecule has 0 heterocycles. The Kier molecular flexibility index (Phi) is 5.45. The van der Waals surface area contributed by atoms with Crippen molar-refractivity contribution in [3.63, 3.8) is 0 Å². The number of hydrogen-bond donors (Lipinski definition) is 0. The third-order valence-corrected chi connectivity index (χ3v) is 3.29. The Balaban J connectivity index is 2.82. The zero-order valence-corrected chi connectivity index (χ0v) is 11.9. The SMILES string of the molecule is CCOC(=O)C(Cl)(Cl)C(=O)Cc1ccccc1Cl. The molecule has 0 saturated carbocycles. The predicted octanol–water partition coefficient (Wildman–Crippen LogP) is 3.19. The van der Waals surface area contributed by atoms with Gasteiger partial charge in [0.25, 0.3) is 4.33 Å². The molecule has 0 saturated heterocycles. The summed E-state index contributed by atoms with van der Waals surface area (Å²) in [7, 11) is 0. The molecule has 0 aliphatic rings. The zero-order valence-electron chi connectivity index (χ0n) is 9.58. The number of rotatable bonds is 5. The minimum absolute atomic E-state index is 0.0966. The average Bonchev–Trinajstić information content (AvgIpc) is 2.32. The third kappa shape index (κ3) is 3.61. The number of halogens is 3. The first-order valence-corrected chi connectivity index (χ1v) is 6.34. The Morgan fingerprint density at radius 3 is 2.44 bits per heavy atom. The monoisotopic (exact) mass is 308 g/mol. The van der Waals surface area contributed by atoms with Crippen LogP contribution < -0.4 is 0 Å². The molecule has 3 nitrogen and oxygen atoms in total. The average molecular weight is 310 g/mol. The molecule has 0 atom stereocenters. The van der Waals surface area contributed by atoms with Crippen LogP contribution in [0.15, 0.2) is 24.3 Å². The molecule has 1 rings (SSSR count). The number of alkyl halides is 2. The van der Waals surface area contributed by atoms with Crippen molar-refractivity contribution in [3.05, 3.63) is 34.9 Å². The molecule has 0 spiro atoms. The van der Waals surface area contributed by atoms with Crippen LogP contribution in [0.3, 0.4) is 0 Å². The van der Waals surface area contributed by atoms with Gasteiger partial charge in [-0.25, -0.2) is 4.79 Å². The largest absolute Gasteiger partial charge is 0.463 e. The maximum absolute atomic E-state index is 11.9. The van der Waals surface area contributed by atoms with Crippen LogP contribution in [-0.2, 0) is 20.7 Å². The lowest BCUT2D eigenvalue weighted by atomic mass is 10.1. The van der Waals surface area contributed by atoms with Crippen molar-refractivity contribution >= 4 is 46.6 Å². The van der Waals surface area contributed by atoms with E-state index in [0.717, 1.165) is 0 Å². The van der Waals surface area contributed by atoms with Crippen molar-refractivity contribution in [2.75, 3.05) is 6.61 Å². The highest BCUT2D eigenvalue weighted by Crippen LogP contribution is 2.27. The second kappa shape index (κ2) is 6.41. The fourth-order valence-corrected chi connectivity index (χ4v) is 1.71. The molecule has 0 radical (unpaired) electrons. The number of esters is 1. The molecular formula is C12H11Cl3O3. The molecule has 0 aromatic heterocycles. The molecule has 1 aromatic carbocycles. The summed E-state index contributed by atoms with van der Waals surface area (Å²) in [6.45, 7) is 1.69. The quantitative estimate of drug-likeness (QED) is 0.476. The second-order valence-electron chi connectivity index (χ2n) is 3.49. The minimum atomic E-state index is -2.20. The molecule has 0 aliphatic carbocycles. The predicted molar refractivity (Wildman–Crippen MR) is 71.2 cm³/mol. The van der Waals surface area contributed by atoms with E-state index in [0.29, 0.717) is 10.6 Å². The van der Waals surface area contributed by atoms with Crippen LogP contribution in [0.1, 0.15) is 12.5 Å². The standard InChI is InChI=1S/C12H11Cl3O3/c1-2-18-11(17)12(14,15)10(16)7-8-5-3-4-6-9(8)13/h3-6H,2,7H2,1H3. The highest BCUT2D eigenvalue weighted by atomic mass is 35.5. The van der Waals surface area contributed by atoms with Crippen LogP contribution in [0.25, 0.3) is 0 Å². The first-order valence-electron chi connectivity index (χ1n) is 5.21. The lowest BCUT2D eigenvalue weighted by Gasteiger charge is -2.16. The van der Waals surface area contributed by atoms with E-state index in [1.165, 1.54) is 0 Å². The summed E-state index contributed by atoms with van der Waals surface area (Å²) in [5, 5.41) is 0.416. The molecular weight excluding hydrogens is 298 g/mol. The molecule has 1 aromatic rings. The van der Waals surface area contributed by atoms with Crippen LogP contribution >= 0.6 is 34.8 Å². The Labute approximate surface area is 120 Å². The smallest absolute Gasteiger partial charge is 0.350 e. The van der Waals surface area contributed by atoms with E-state index < -0.39 is 16.1 Å². The Morgan fingerprint density at radius 2 is 1.89 bits per heavy atom. The summed E-state index contributed by atoms with van der Waals surface area (Å²) in [5.74, 6) is -1.64. The van der Waals surface area contributed by atoms with Gasteiger partial charge in [-0.2, -0.15) is 0 Å². The number of benzene rings is 1. The zero-order chi connectivity index (χ0) is 13.8. The van der Waals surface area contributed by atoms with Crippen molar-refractivity contribution in [1.82, 2.24) is 0 Å². The third-order valence-electron chi connectivity index (χ3n) is 2.19. The summed E-state index contributed by atoms with van der Waals surface area (Å²) in [5.41, 5.74) is 0.555. The maximum atomic E-state index is 11.9. The Bertz CT molecular complexity index is 458. The molecule has 0 aliphatic heterocycles. The van der Waals surface area contributed by atoms with Crippen molar-refractivity contribution in [1.29, 1.82) is 0 Å². The molecule has 18 heavy (non-hydrogen) atoms. The van der Waals surface area contributed by atoms with Gasteiger partial charge in [0.05, 0.1) is 6.61 Å². The highest BCUT2D eigenvalue weighted by molar-refractivity contribution is 6.67. The summed E-state index contributed by atoms with van der Waals surface area (Å²) < 4.78 is 2.44. The van der Waals surface area contributed by atoms with E-state index in [9.17, 15) is 9.59 Å². The van der Waals surface area contributed by atoms with Gasteiger partial charge in [0.1, 0.15) is 0 Å². The van der Waals surface area contributed by atoms with Crippen molar-refractivity contribution in [2.45, 2.75) is 17.7 Å². The van der Waals surface area contributed by atoms with E-state index >= 15 is 0 Å². The molecule has 0 N–H and O–H groups in total. The van der Waals surface area contributed by atoms with E-state index in [1.54, 1.807) is 31.2 Å². The van der Waals surface area contributed by atoms with E-state index in [-0.39, 0.29) is 13.0 Å². The number of carbonyl (C=O) groups excluding carboxylic acids is 2. The van der Waals surface area contributed by atoms with Crippen LogP contribution in [0.2, 0.25) is 5.02 Å². The van der Waals surface area contributed by atoms with Crippen LogP contribution in [0.4, 0.5) is 0 Å². The lowest BCUT2D eigenvalue weighted by Crippen LogP contribution is -2.38. The number of ether oxygens (including phenoxy) is 1. The van der Waals surface area contributed by atoms with Gasteiger partial charge in [-0.1, -0.05) is 53.0 Å². The van der Waals surface area contributed by atoms with E-state index in [2.05, 4.69) is 4.74 Å². The van der Waals surface area contributed by atoms with Gasteiger partial charge >= 0.3 is 5.97 Å². The number of Topliss-reactive ketones (excluding diaryl/α,β-unsaturated/α-hetero) is 1. The van der Waals surface area contributed by atoms with Gasteiger partial charge in [-0.3, -0.25) is 4.79 Å². The normalized spacial score (nSPS) is 11.1. The molecule has 98 valence electrons. The first-order chi connectivity index (χ1) is 8.39. The van der Waals surface area contributed by atoms with Crippen LogP contribution in [-0.4, -0.2) is 22.7 Å². The van der Waals surface area contributed by atoms with Gasteiger partial charge in [-0.05, 0) is 18.6 Å². The number of hydrogen-bond acceptors (Lipinski definition) is 3. The van der Waals surface area contributed by atoms with Gasteiger partial charge in [0, 0.05) is 11.4 Å². The maximum Gasteiger partial charge on any atom is 0.350 e. The van der Waals surface area contributed by atoms with E-state index in [1.807, 2.05) is 0 Å². The molecule has 0 bridgehead atoms. The second-order valence-corrected chi connectivity index (χ2v) is 5.22. The fraction of sp³-hybridized carbons (Fsp3) is 0.333. The van der Waals surface area contributed by atoms with Crippen LogP contribution in [0.5, 0.6) is 0 Å². The molecule has 6 heteroatoms. The fourth-order valence-electron chi connectivity index (χ4n) is 1.26. The lowest BCUT2D eigenvalue weighted by molar-refractivity contribution is -0.146. The van der Waals surface area contributed by atoms with Crippen LogP contribution in [0, 0.1) is 0 Å². The van der Waals surface area contributed by atoms with Gasteiger partial charge < -0.3 is 4.74 Å². The van der Waals surface area contributed by atoms with Gasteiger partial charge in [0.15, 0.2) is 5.78 Å². The number of ketones is 1. The molecule has 0 unspecified atom stereocenters. The minimum Gasteiger partial charge on any atom is -0.463 e. The summed E-state index contributed by atoms with van der Waals surface area (Å²) >= 11 is 17.3. The molecule has 0 amide bonds. The van der Waals surface area contributed by atoms with E-state index in [4.69, 9.17) is 34.8 Å². The summed E-state index contributed by atoms with van der Waals surface area (Å²) in [6, 6.07) is 6.76. The highest BCUT2D eigenvalue weighted by Gasteiger charge is 2.43. The Hall–Kier alpha value is -0.770. The Morgan fingerprint density at radius 1 is 1.28 bits per heavy atom. The summed E-state index contributed by atoms with van der Waals surface area (Å²) in [6.07, 6.45) is -0.133. The van der Waals surface area contributed by atoms with Crippen molar-refractivity contribution in [2.24, 2.45) is 0 Å². The number of carbonyl (C=O) groups is 2. The first kappa shape index (κ1) is 15.3. The summed E-state index contributed by atoms with van der Waals surface area (Å²) in [4.78, 5) is 23.3. The molecule has 0 fully saturated rings. The topological polar surface area (TPSA) is 43.4 Å². The van der Waals surface area contributed by atoms with Crippen molar-refractivity contribution in [3.8, 4) is 0 Å². The van der Waals surface area contributed by atoms with Crippen molar-refractivity contribution < 1.29 is 14.3 Å².